The molecule has 0 aliphatic carbocycles. The molecule has 18 heavy (non-hydrogen) atoms. The Morgan fingerprint density at radius 2 is 1.78 bits per heavy atom. The zero-order chi connectivity index (χ0) is 12.7. The third kappa shape index (κ3) is 1.64. The lowest BCUT2D eigenvalue weighted by Crippen LogP contribution is -1.89. The molecule has 3 rings (SSSR count). The third-order valence-corrected chi connectivity index (χ3v) is 3.18. The maximum Gasteiger partial charge on any atom is 0.139 e. The van der Waals surface area contributed by atoms with Crippen LogP contribution in [-0.4, -0.2) is 15.1 Å². The van der Waals surface area contributed by atoms with Crippen LogP contribution in [0.25, 0.3) is 22.4 Å². The van der Waals surface area contributed by atoms with E-state index in [0.717, 1.165) is 22.4 Å². The quantitative estimate of drug-likeness (QED) is 0.681. The number of aromatic amines is 1. The van der Waals surface area contributed by atoms with E-state index in [1.54, 1.807) is 12.1 Å². The molecule has 0 saturated heterocycles. The molecule has 0 saturated carbocycles. The van der Waals surface area contributed by atoms with E-state index in [1.165, 1.54) is 11.1 Å². The Morgan fingerprint density at radius 3 is 2.50 bits per heavy atom. The van der Waals surface area contributed by atoms with Crippen molar-refractivity contribution in [3.8, 4) is 17.1 Å². The van der Waals surface area contributed by atoms with Crippen molar-refractivity contribution in [1.82, 2.24) is 9.97 Å². The Morgan fingerprint density at radius 1 is 1.06 bits per heavy atom. The van der Waals surface area contributed by atoms with Gasteiger partial charge < -0.3 is 10.1 Å². The number of aromatic nitrogens is 2. The summed E-state index contributed by atoms with van der Waals surface area (Å²) in [6.45, 7) is 4.15. The van der Waals surface area contributed by atoms with Crippen molar-refractivity contribution in [3.05, 3.63) is 47.5 Å². The van der Waals surface area contributed by atoms with E-state index in [1.807, 2.05) is 12.1 Å². The van der Waals surface area contributed by atoms with E-state index in [-0.39, 0.29) is 5.75 Å². The van der Waals surface area contributed by atoms with Gasteiger partial charge in [0.05, 0.1) is 11.0 Å². The summed E-state index contributed by atoms with van der Waals surface area (Å²) in [5, 5.41) is 9.47. The van der Waals surface area contributed by atoms with Crippen molar-refractivity contribution in [2.75, 3.05) is 0 Å². The Hall–Kier alpha value is -2.29. The average Bonchev–Trinajstić information content (AvgIpc) is 2.71. The predicted octanol–water partition coefficient (Wildman–Crippen LogP) is 3.55. The van der Waals surface area contributed by atoms with Crippen molar-refractivity contribution in [2.45, 2.75) is 13.8 Å². The molecular formula is C15H14N2O. The fourth-order valence-corrected chi connectivity index (χ4v) is 2.30. The molecule has 3 aromatic rings. The normalized spacial score (nSPS) is 11.0. The SMILES string of the molecule is Cc1cccc(C)c1-c1nc2ccc(O)cc2[nH]1. The molecule has 2 aromatic carbocycles. The molecule has 0 aliphatic rings. The van der Waals surface area contributed by atoms with E-state index in [0.29, 0.717) is 0 Å². The van der Waals surface area contributed by atoms with Crippen LogP contribution in [0.2, 0.25) is 0 Å². The van der Waals surface area contributed by atoms with Crippen LogP contribution in [0.15, 0.2) is 36.4 Å². The number of rotatable bonds is 1. The van der Waals surface area contributed by atoms with Gasteiger partial charge in [0.25, 0.3) is 0 Å². The first-order valence-corrected chi connectivity index (χ1v) is 5.90. The minimum Gasteiger partial charge on any atom is -0.508 e. The zero-order valence-corrected chi connectivity index (χ0v) is 10.4. The van der Waals surface area contributed by atoms with Crippen LogP contribution in [0.4, 0.5) is 0 Å². The smallest absolute Gasteiger partial charge is 0.139 e. The van der Waals surface area contributed by atoms with Crippen LogP contribution in [0.5, 0.6) is 5.75 Å². The van der Waals surface area contributed by atoms with Crippen molar-refractivity contribution >= 4 is 11.0 Å². The summed E-state index contributed by atoms with van der Waals surface area (Å²) in [7, 11) is 0. The molecule has 0 amide bonds. The fraction of sp³-hybridized carbons (Fsp3) is 0.133. The number of aromatic hydroxyl groups is 1. The Balaban J connectivity index is 2.26. The van der Waals surface area contributed by atoms with Crippen molar-refractivity contribution < 1.29 is 5.11 Å². The Bertz CT molecular complexity index is 708. The van der Waals surface area contributed by atoms with Crippen LogP contribution in [0.1, 0.15) is 11.1 Å². The predicted molar refractivity (Wildman–Crippen MR) is 72.7 cm³/mol. The van der Waals surface area contributed by atoms with E-state index < -0.39 is 0 Å². The lowest BCUT2D eigenvalue weighted by molar-refractivity contribution is 0.476. The van der Waals surface area contributed by atoms with Crippen LogP contribution in [0.3, 0.4) is 0 Å². The zero-order valence-electron chi connectivity index (χ0n) is 10.4. The van der Waals surface area contributed by atoms with Gasteiger partial charge in [-0.15, -0.1) is 0 Å². The first kappa shape index (κ1) is 10.8. The molecule has 3 heteroatoms. The number of hydrogen-bond acceptors (Lipinski definition) is 2. The lowest BCUT2D eigenvalue weighted by atomic mass is 10.0. The van der Waals surface area contributed by atoms with Gasteiger partial charge >= 0.3 is 0 Å². The van der Waals surface area contributed by atoms with Gasteiger partial charge in [-0.2, -0.15) is 0 Å². The summed E-state index contributed by atoms with van der Waals surface area (Å²) in [5.41, 5.74) is 5.24. The molecular weight excluding hydrogens is 224 g/mol. The monoisotopic (exact) mass is 238 g/mol. The first-order chi connectivity index (χ1) is 8.65. The highest BCUT2D eigenvalue weighted by molar-refractivity contribution is 5.81. The van der Waals surface area contributed by atoms with Crippen LogP contribution >= 0.6 is 0 Å². The summed E-state index contributed by atoms with van der Waals surface area (Å²) in [6.07, 6.45) is 0. The van der Waals surface area contributed by atoms with Gasteiger partial charge in [0.15, 0.2) is 0 Å². The van der Waals surface area contributed by atoms with Gasteiger partial charge in [-0.05, 0) is 37.1 Å². The van der Waals surface area contributed by atoms with Gasteiger partial charge in [-0.1, -0.05) is 18.2 Å². The number of phenols is 1. The number of hydrogen-bond donors (Lipinski definition) is 2. The second-order valence-corrected chi connectivity index (χ2v) is 4.55. The van der Waals surface area contributed by atoms with Gasteiger partial charge in [-0.25, -0.2) is 4.98 Å². The van der Waals surface area contributed by atoms with E-state index in [9.17, 15) is 5.11 Å². The topological polar surface area (TPSA) is 48.9 Å². The average molecular weight is 238 g/mol. The van der Waals surface area contributed by atoms with Crippen molar-refractivity contribution in [1.29, 1.82) is 0 Å². The summed E-state index contributed by atoms with van der Waals surface area (Å²) in [6, 6.07) is 11.4. The molecule has 1 aromatic heterocycles. The molecule has 0 bridgehead atoms. The summed E-state index contributed by atoms with van der Waals surface area (Å²) in [4.78, 5) is 7.84. The van der Waals surface area contributed by atoms with Gasteiger partial charge in [0, 0.05) is 11.6 Å². The number of imidazole rings is 1. The van der Waals surface area contributed by atoms with Gasteiger partial charge in [0.2, 0.25) is 0 Å². The van der Waals surface area contributed by atoms with Gasteiger partial charge in [-0.3, -0.25) is 0 Å². The molecule has 3 nitrogen and oxygen atoms in total. The van der Waals surface area contributed by atoms with Crippen LogP contribution in [0, 0.1) is 13.8 Å². The highest BCUT2D eigenvalue weighted by Crippen LogP contribution is 2.27. The number of benzene rings is 2. The third-order valence-electron chi connectivity index (χ3n) is 3.18. The van der Waals surface area contributed by atoms with E-state index in [2.05, 4.69) is 35.9 Å². The molecule has 0 spiro atoms. The largest absolute Gasteiger partial charge is 0.508 e. The first-order valence-electron chi connectivity index (χ1n) is 5.90. The van der Waals surface area contributed by atoms with Crippen molar-refractivity contribution in [2.24, 2.45) is 0 Å². The number of nitrogens with one attached hydrogen (secondary N) is 1. The summed E-state index contributed by atoms with van der Waals surface area (Å²) >= 11 is 0. The maximum absolute atomic E-state index is 9.47. The Labute approximate surface area is 105 Å². The van der Waals surface area contributed by atoms with Crippen molar-refractivity contribution in [3.63, 3.8) is 0 Å². The number of fused-ring (bicyclic) bond motifs is 1. The molecule has 90 valence electrons. The second-order valence-electron chi connectivity index (χ2n) is 4.55. The second kappa shape index (κ2) is 3.88. The molecule has 2 N–H and O–H groups in total. The number of nitrogens with zero attached hydrogens (tertiary/aromatic N) is 1. The fourth-order valence-electron chi connectivity index (χ4n) is 2.30. The molecule has 0 fully saturated rings. The number of H-pyrrole nitrogens is 1. The molecule has 0 aliphatic heterocycles. The summed E-state index contributed by atoms with van der Waals surface area (Å²) in [5.74, 6) is 1.10. The standard InChI is InChI=1S/C15H14N2O/c1-9-4-3-5-10(2)14(9)15-16-12-7-6-11(18)8-13(12)17-15/h3-8,18H,1-2H3,(H,16,17). The maximum atomic E-state index is 9.47. The van der Waals surface area contributed by atoms with Crippen LogP contribution in [-0.2, 0) is 0 Å². The van der Waals surface area contributed by atoms with E-state index >= 15 is 0 Å². The molecule has 0 unspecified atom stereocenters. The number of aryl methyl sites for hydroxylation is 2. The van der Waals surface area contributed by atoms with E-state index in [4.69, 9.17) is 0 Å². The summed E-state index contributed by atoms with van der Waals surface area (Å²) < 4.78 is 0. The Kier molecular flexibility index (Phi) is 2.33. The highest BCUT2D eigenvalue weighted by Gasteiger charge is 2.10. The molecule has 0 radical (unpaired) electrons. The lowest BCUT2D eigenvalue weighted by Gasteiger charge is -2.05. The van der Waals surface area contributed by atoms with Crippen LogP contribution < -0.4 is 0 Å². The minimum atomic E-state index is 0.249. The minimum absolute atomic E-state index is 0.249. The number of phenolic OH excluding ortho intramolecular Hbond substituents is 1. The van der Waals surface area contributed by atoms with Gasteiger partial charge in [0.1, 0.15) is 11.6 Å². The molecule has 0 atom stereocenters. The molecule has 1 heterocycles. The highest BCUT2D eigenvalue weighted by atomic mass is 16.3.